The van der Waals surface area contributed by atoms with Gasteiger partial charge in [-0.3, -0.25) is 0 Å². The predicted octanol–water partition coefficient (Wildman–Crippen LogP) is 2.58. The van der Waals surface area contributed by atoms with Crippen LogP contribution in [0.5, 0.6) is 0 Å². The van der Waals surface area contributed by atoms with E-state index in [1.807, 2.05) is 13.0 Å². The monoisotopic (exact) mass is 118 g/mol. The zero-order valence-corrected chi connectivity index (χ0v) is 5.41. The second kappa shape index (κ2) is 6.03. The van der Waals surface area contributed by atoms with Crippen LogP contribution < -0.4 is 0 Å². The van der Waals surface area contributed by atoms with Gasteiger partial charge in [-0.25, -0.2) is 0 Å². The van der Waals surface area contributed by atoms with Crippen LogP contribution in [0.1, 0.15) is 19.8 Å². The molecule has 0 spiro atoms. The average Bonchev–Trinajstić information content (AvgIpc) is 1.69. The molecule has 0 heterocycles. The van der Waals surface area contributed by atoms with E-state index in [0.717, 1.165) is 18.7 Å². The molecule has 7 heavy (non-hydrogen) atoms. The van der Waals surface area contributed by atoms with Crippen molar-refractivity contribution >= 4 is 11.6 Å². The molecule has 0 rings (SSSR count). The molecule has 0 amide bonds. The average molecular weight is 119 g/mol. The molecule has 0 aromatic heterocycles. The second-order valence-electron chi connectivity index (χ2n) is 1.40. The van der Waals surface area contributed by atoms with Crippen molar-refractivity contribution in [1.82, 2.24) is 0 Å². The van der Waals surface area contributed by atoms with Crippen LogP contribution in [0.3, 0.4) is 0 Å². The number of hydrogen-bond acceptors (Lipinski definition) is 0. The van der Waals surface area contributed by atoms with E-state index >= 15 is 0 Å². The van der Waals surface area contributed by atoms with Gasteiger partial charge in [0, 0.05) is 5.88 Å². The molecule has 0 aliphatic heterocycles. The van der Waals surface area contributed by atoms with E-state index in [9.17, 15) is 0 Å². The van der Waals surface area contributed by atoms with E-state index in [1.165, 1.54) is 0 Å². The molecule has 0 atom stereocenters. The van der Waals surface area contributed by atoms with Gasteiger partial charge < -0.3 is 0 Å². The van der Waals surface area contributed by atoms with E-state index in [2.05, 4.69) is 6.08 Å². The summed E-state index contributed by atoms with van der Waals surface area (Å²) in [6, 6.07) is 0. The fourth-order valence-electron chi connectivity index (χ4n) is 0.362. The van der Waals surface area contributed by atoms with Crippen molar-refractivity contribution in [2.75, 3.05) is 5.88 Å². The van der Waals surface area contributed by atoms with E-state index in [4.69, 9.17) is 11.6 Å². The summed E-state index contributed by atoms with van der Waals surface area (Å²) in [6.07, 6.45) is 6.40. The quantitative estimate of drug-likeness (QED) is 0.304. The molecule has 0 aliphatic carbocycles. The van der Waals surface area contributed by atoms with Gasteiger partial charge in [-0.15, -0.1) is 11.6 Å². The third-order valence-electron chi connectivity index (χ3n) is 0.740. The highest BCUT2D eigenvalue weighted by atomic mass is 35.5. The summed E-state index contributed by atoms with van der Waals surface area (Å²) in [4.78, 5) is 0. The van der Waals surface area contributed by atoms with Crippen LogP contribution in [0.2, 0.25) is 0 Å². The van der Waals surface area contributed by atoms with Gasteiger partial charge in [-0.1, -0.05) is 12.2 Å². The topological polar surface area (TPSA) is 0 Å². The Bertz CT molecular complexity index is 48.1. The van der Waals surface area contributed by atoms with Crippen LogP contribution in [0, 0.1) is 0 Å². The molecule has 0 bridgehead atoms. The first-order valence-corrected chi connectivity index (χ1v) is 3.12. The molecule has 42 valence electrons. The lowest BCUT2D eigenvalue weighted by atomic mass is 10.3. The Hall–Kier alpha value is 0.0300. The first kappa shape index (κ1) is 7.03. The Kier molecular flexibility index (Phi) is 6.06. The number of hydrogen-bond donors (Lipinski definition) is 0. The van der Waals surface area contributed by atoms with E-state index in [1.54, 1.807) is 0 Å². The molecule has 0 fully saturated rings. The Labute approximate surface area is 50.2 Å². The van der Waals surface area contributed by atoms with Gasteiger partial charge in [0.2, 0.25) is 0 Å². The number of alkyl halides is 1. The summed E-state index contributed by atoms with van der Waals surface area (Å²) >= 11 is 5.40. The van der Waals surface area contributed by atoms with Crippen LogP contribution in [0.4, 0.5) is 0 Å². The summed E-state index contributed by atoms with van der Waals surface area (Å²) in [5.41, 5.74) is 0. The predicted molar refractivity (Wildman–Crippen MR) is 34.8 cm³/mol. The number of rotatable bonds is 3. The number of halogens is 1. The lowest BCUT2D eigenvalue weighted by Crippen LogP contribution is -1.68. The maximum atomic E-state index is 5.40. The minimum atomic E-state index is 0.782. The maximum absolute atomic E-state index is 5.40. The highest BCUT2D eigenvalue weighted by Crippen LogP contribution is 1.91. The van der Waals surface area contributed by atoms with Crippen molar-refractivity contribution in [2.24, 2.45) is 0 Å². The Morgan fingerprint density at radius 2 is 2.29 bits per heavy atom. The lowest BCUT2D eigenvalue weighted by Gasteiger charge is -1.82. The van der Waals surface area contributed by atoms with Crippen molar-refractivity contribution in [3.05, 3.63) is 12.2 Å². The van der Waals surface area contributed by atoms with E-state index in [0.29, 0.717) is 0 Å². The third kappa shape index (κ3) is 6.03. The normalized spacial score (nSPS) is 10.6. The molecule has 0 unspecified atom stereocenters. The van der Waals surface area contributed by atoms with Crippen molar-refractivity contribution in [2.45, 2.75) is 19.8 Å². The first-order chi connectivity index (χ1) is 3.41. The van der Waals surface area contributed by atoms with Gasteiger partial charge in [-0.2, -0.15) is 0 Å². The van der Waals surface area contributed by atoms with Crippen LogP contribution >= 0.6 is 11.6 Å². The van der Waals surface area contributed by atoms with Crippen molar-refractivity contribution < 1.29 is 0 Å². The summed E-state index contributed by atoms with van der Waals surface area (Å²) in [7, 11) is 0. The fourth-order valence-corrected chi connectivity index (χ4v) is 0.516. The van der Waals surface area contributed by atoms with Gasteiger partial charge in [-0.05, 0) is 19.8 Å². The first-order valence-electron chi connectivity index (χ1n) is 2.59. The van der Waals surface area contributed by atoms with Gasteiger partial charge >= 0.3 is 0 Å². The molecule has 0 saturated carbocycles. The van der Waals surface area contributed by atoms with Crippen molar-refractivity contribution in [3.63, 3.8) is 0 Å². The smallest absolute Gasteiger partial charge is 0.0226 e. The molecule has 0 radical (unpaired) electrons. The van der Waals surface area contributed by atoms with Crippen molar-refractivity contribution in [3.8, 4) is 0 Å². The molecule has 0 saturated heterocycles. The molecular weight excluding hydrogens is 108 g/mol. The number of unbranched alkanes of at least 4 members (excludes halogenated alkanes) is 1. The van der Waals surface area contributed by atoms with Crippen molar-refractivity contribution in [1.29, 1.82) is 0 Å². The van der Waals surface area contributed by atoms with Gasteiger partial charge in [0.05, 0.1) is 0 Å². The summed E-state index contributed by atoms with van der Waals surface area (Å²) in [5, 5.41) is 0. The third-order valence-corrected chi connectivity index (χ3v) is 1.01. The Morgan fingerprint density at radius 1 is 1.57 bits per heavy atom. The molecule has 0 N–H and O–H groups in total. The maximum Gasteiger partial charge on any atom is 0.0226 e. The van der Waals surface area contributed by atoms with Crippen LogP contribution in [0.25, 0.3) is 0 Å². The summed E-state index contributed by atoms with van der Waals surface area (Å²) in [6.45, 7) is 2.02. The standard InChI is InChI=1S/C6H11Cl/c1-2-3-4-5-6-7/h2-3H,4-6H2,1H3. The van der Waals surface area contributed by atoms with Gasteiger partial charge in [0.1, 0.15) is 0 Å². The molecule has 0 aromatic rings. The second-order valence-corrected chi connectivity index (χ2v) is 1.78. The van der Waals surface area contributed by atoms with Crippen LogP contribution in [0.15, 0.2) is 12.2 Å². The molecular formula is C6H11Cl. The summed E-state index contributed by atoms with van der Waals surface area (Å²) in [5.74, 6) is 0.782. The lowest BCUT2D eigenvalue weighted by molar-refractivity contribution is 0.965. The summed E-state index contributed by atoms with van der Waals surface area (Å²) < 4.78 is 0. The minimum absolute atomic E-state index is 0.782. The molecule has 1 heteroatoms. The zero-order valence-electron chi connectivity index (χ0n) is 4.65. The SMILES string of the molecule is CC=CCCCCl. The Morgan fingerprint density at radius 3 is 2.71 bits per heavy atom. The minimum Gasteiger partial charge on any atom is -0.127 e. The Balaban J connectivity index is 2.69. The molecule has 0 aromatic carbocycles. The highest BCUT2D eigenvalue weighted by molar-refractivity contribution is 6.17. The zero-order chi connectivity index (χ0) is 5.54. The van der Waals surface area contributed by atoms with E-state index < -0.39 is 0 Å². The van der Waals surface area contributed by atoms with Gasteiger partial charge in [0.15, 0.2) is 0 Å². The largest absolute Gasteiger partial charge is 0.127 e. The highest BCUT2D eigenvalue weighted by Gasteiger charge is 1.74. The van der Waals surface area contributed by atoms with Crippen LogP contribution in [-0.4, -0.2) is 5.88 Å². The molecule has 0 nitrogen and oxygen atoms in total. The fraction of sp³-hybridized carbons (Fsp3) is 0.667. The van der Waals surface area contributed by atoms with Gasteiger partial charge in [0.25, 0.3) is 0 Å². The van der Waals surface area contributed by atoms with E-state index in [-0.39, 0.29) is 0 Å². The van der Waals surface area contributed by atoms with Crippen LogP contribution in [-0.2, 0) is 0 Å². The number of allylic oxidation sites excluding steroid dienone is 2. The molecule has 0 aliphatic rings.